The molecule has 2 heterocycles. The molecule has 6 N–H and O–H groups in total. The van der Waals surface area contributed by atoms with Crippen LogP contribution in [0.1, 0.15) is 94.4 Å². The first kappa shape index (κ1) is 54.9. The zero-order chi connectivity index (χ0) is 45.6. The van der Waals surface area contributed by atoms with Crippen molar-refractivity contribution < 1.29 is 47.8 Å². The Hall–Kier alpha value is -2.09. The van der Waals surface area contributed by atoms with Crippen LogP contribution in [-0.4, -0.2) is 121 Å². The highest BCUT2D eigenvalue weighted by atomic mass is 35.6. The van der Waals surface area contributed by atoms with E-state index in [4.69, 9.17) is 89.5 Å². The number of rotatable bonds is 14. The number of hydrogen-bond donors (Lipinski definition) is 5. The molecular formula is C36H59Cl6N7O10. The summed E-state index contributed by atoms with van der Waals surface area (Å²) in [4.78, 5) is 86.6. The van der Waals surface area contributed by atoms with Gasteiger partial charge in [-0.3, -0.25) is 43.6 Å². The Labute approximate surface area is 376 Å². The minimum atomic E-state index is -1.73. The molecule has 0 radical (unpaired) electrons. The topological polar surface area (TPSA) is 228 Å². The lowest BCUT2D eigenvalue weighted by molar-refractivity contribution is -0.158. The third-order valence-corrected chi connectivity index (χ3v) is 9.31. The summed E-state index contributed by atoms with van der Waals surface area (Å²) in [5, 5.41) is 7.81. The van der Waals surface area contributed by atoms with E-state index >= 15 is 0 Å². The summed E-state index contributed by atoms with van der Waals surface area (Å²) in [6.07, 6.45) is 1.94. The van der Waals surface area contributed by atoms with E-state index < -0.39 is 91.5 Å². The highest BCUT2D eigenvalue weighted by Crippen LogP contribution is 2.27. The number of amides is 4. The molecule has 2 fully saturated rings. The first-order valence-electron chi connectivity index (χ1n) is 19.1. The summed E-state index contributed by atoms with van der Waals surface area (Å²) in [7, 11) is 0. The van der Waals surface area contributed by atoms with Crippen molar-refractivity contribution in [1.29, 1.82) is 0 Å². The number of nitrogens with one attached hydrogen (secondary N) is 4. The molecule has 2 rings (SSSR count). The molecule has 0 spiro atoms. The van der Waals surface area contributed by atoms with Gasteiger partial charge in [0, 0.05) is 13.1 Å². The van der Waals surface area contributed by atoms with Crippen molar-refractivity contribution in [3.63, 3.8) is 0 Å². The zero-order valence-corrected chi connectivity index (χ0v) is 39.3. The second-order valence-corrected chi connectivity index (χ2v) is 21.0. The van der Waals surface area contributed by atoms with Gasteiger partial charge in [0.05, 0.1) is 18.4 Å². The van der Waals surface area contributed by atoms with Crippen molar-refractivity contribution in [3.8, 4) is 0 Å². The largest absolute Gasteiger partial charge is 0.460 e. The summed E-state index contributed by atoms with van der Waals surface area (Å²) in [6.45, 7) is 15.6. The van der Waals surface area contributed by atoms with E-state index in [1.165, 1.54) is 16.9 Å². The summed E-state index contributed by atoms with van der Waals surface area (Å²) >= 11 is 33.4. The van der Waals surface area contributed by atoms with E-state index in [0.717, 1.165) is 0 Å². The van der Waals surface area contributed by atoms with Gasteiger partial charge in [-0.1, -0.05) is 97.3 Å². The fourth-order valence-electron chi connectivity index (χ4n) is 5.45. The van der Waals surface area contributed by atoms with Crippen molar-refractivity contribution in [2.24, 2.45) is 23.5 Å². The van der Waals surface area contributed by atoms with Crippen LogP contribution in [0.3, 0.4) is 0 Å². The second-order valence-electron chi connectivity index (χ2n) is 15.9. The molecule has 2 aliphatic rings. The minimum Gasteiger partial charge on any atom is -0.460 e. The third kappa shape index (κ3) is 21.5. The Morgan fingerprint density at radius 2 is 1.07 bits per heavy atom. The number of carbonyl (C=O) groups is 7. The van der Waals surface area contributed by atoms with Crippen LogP contribution in [0.25, 0.3) is 0 Å². The monoisotopic (exact) mass is 959 g/mol. The van der Waals surface area contributed by atoms with Gasteiger partial charge in [-0.2, -0.15) is 0 Å². The number of carbonyl (C=O) groups excluding carboxylic acids is 7. The molecule has 2 saturated heterocycles. The fraction of sp³-hybridized carbons (Fsp3) is 0.806. The zero-order valence-electron chi connectivity index (χ0n) is 34.8. The molecular weight excluding hydrogens is 903 g/mol. The molecule has 0 aromatic rings. The van der Waals surface area contributed by atoms with E-state index in [0.29, 0.717) is 38.8 Å². The predicted molar refractivity (Wildman–Crippen MR) is 225 cm³/mol. The number of alkyl halides is 6. The lowest BCUT2D eigenvalue weighted by atomic mass is 9.91. The van der Waals surface area contributed by atoms with Gasteiger partial charge >= 0.3 is 17.9 Å². The van der Waals surface area contributed by atoms with Crippen LogP contribution in [0.2, 0.25) is 0 Å². The molecule has 0 aromatic heterocycles. The van der Waals surface area contributed by atoms with Crippen LogP contribution in [0.5, 0.6) is 0 Å². The number of ether oxygens (including phenoxy) is 3. The quantitative estimate of drug-likeness (QED) is 0.0951. The van der Waals surface area contributed by atoms with E-state index in [9.17, 15) is 33.6 Å². The van der Waals surface area contributed by atoms with Crippen LogP contribution in [-0.2, 0) is 47.8 Å². The lowest BCUT2D eigenvalue weighted by Gasteiger charge is -2.34. The molecule has 340 valence electrons. The Morgan fingerprint density at radius 1 is 0.678 bits per heavy atom. The van der Waals surface area contributed by atoms with Crippen LogP contribution in [0, 0.1) is 17.8 Å². The third-order valence-electron chi connectivity index (χ3n) is 8.66. The van der Waals surface area contributed by atoms with Gasteiger partial charge in [0.1, 0.15) is 43.0 Å². The van der Waals surface area contributed by atoms with E-state index in [1.807, 2.05) is 27.7 Å². The predicted octanol–water partition coefficient (Wildman–Crippen LogP) is 3.79. The number of hydrazine groups is 2. The van der Waals surface area contributed by atoms with Crippen molar-refractivity contribution in [1.82, 2.24) is 31.5 Å². The standard InChI is InChI=1S/C21H34Cl3N3O6.C15H25Cl3N4O4/c1-12(2)14(10-16(28)33-20(4,5)6)17(29)25-13(3)18(30)27-9-7-8-15(26-27)19(31)32-11-21(22,23)24;1-8(2)11(19)12(23)20-9(3)13(24)22-6-4-5-10(21-22)14(25)26-7-15(16,17)18/h12-15,26H,7-11H2,1-6H3,(H,25,29);8-11,21H,4-7,19H2,1-3H3,(H,20,23)/t13-,14-,15-;9-,10-,11-/m00/s1. The lowest BCUT2D eigenvalue weighted by Crippen LogP contribution is -2.60. The first-order chi connectivity index (χ1) is 26.9. The van der Waals surface area contributed by atoms with Gasteiger partial charge < -0.3 is 30.6 Å². The smallest absolute Gasteiger partial charge is 0.325 e. The van der Waals surface area contributed by atoms with E-state index in [-0.39, 0.29) is 30.8 Å². The normalized spacial score (nSPS) is 19.6. The molecule has 59 heavy (non-hydrogen) atoms. The molecule has 0 bridgehead atoms. The summed E-state index contributed by atoms with van der Waals surface area (Å²) < 4.78 is 11.8. The van der Waals surface area contributed by atoms with Gasteiger partial charge in [-0.15, -0.1) is 0 Å². The fourth-order valence-corrected chi connectivity index (χ4v) is 5.78. The average molecular weight is 963 g/mol. The number of hydrogen-bond acceptors (Lipinski definition) is 13. The number of esters is 3. The van der Waals surface area contributed by atoms with Crippen LogP contribution in [0.4, 0.5) is 0 Å². The maximum absolute atomic E-state index is 12.9. The number of halogens is 6. The van der Waals surface area contributed by atoms with Gasteiger partial charge in [-0.05, 0) is 72.1 Å². The summed E-state index contributed by atoms with van der Waals surface area (Å²) in [6, 6.07) is -3.91. The molecule has 0 saturated carbocycles. The number of nitrogens with zero attached hydrogens (tertiary/aromatic N) is 2. The van der Waals surface area contributed by atoms with Crippen LogP contribution < -0.4 is 27.2 Å². The maximum Gasteiger partial charge on any atom is 0.325 e. The minimum absolute atomic E-state index is 0.0533. The first-order valence-corrected chi connectivity index (χ1v) is 21.4. The van der Waals surface area contributed by atoms with Crippen molar-refractivity contribution >= 4 is 111 Å². The average Bonchev–Trinajstić information content (AvgIpc) is 3.12. The second kappa shape index (κ2) is 24.5. The highest BCUT2D eigenvalue weighted by molar-refractivity contribution is 6.68. The molecule has 23 heteroatoms. The van der Waals surface area contributed by atoms with Crippen molar-refractivity contribution in [3.05, 3.63) is 0 Å². The SMILES string of the molecule is CC(C)[C@H](CC(=O)OC(C)(C)C)C(=O)N[C@@H](C)C(=O)N1CCC[C@@H](C(=O)OCC(Cl)(Cl)Cl)N1.CC(C)[C@H](N)C(=O)N[C@@H](C)C(=O)N1CCC[C@@H](C(=O)OCC(Cl)(Cl)Cl)N1. The van der Waals surface area contributed by atoms with Gasteiger partial charge in [0.25, 0.3) is 11.8 Å². The maximum atomic E-state index is 12.9. The van der Waals surface area contributed by atoms with Gasteiger partial charge in [0.15, 0.2) is 0 Å². The van der Waals surface area contributed by atoms with Gasteiger partial charge in [0.2, 0.25) is 19.4 Å². The van der Waals surface area contributed by atoms with Crippen molar-refractivity contribution in [2.75, 3.05) is 26.3 Å². The Balaban J connectivity index is 0.000000607. The molecule has 0 aliphatic carbocycles. The van der Waals surface area contributed by atoms with Crippen LogP contribution >= 0.6 is 69.6 Å². The number of nitrogens with two attached hydrogens (primary N) is 1. The van der Waals surface area contributed by atoms with Crippen molar-refractivity contribution in [2.45, 2.75) is 138 Å². The van der Waals surface area contributed by atoms with Gasteiger partial charge in [-0.25, -0.2) is 10.9 Å². The summed E-state index contributed by atoms with van der Waals surface area (Å²) in [5.41, 5.74) is 10.7. The Kier molecular flexibility index (Phi) is 22.8. The molecule has 6 atom stereocenters. The highest BCUT2D eigenvalue weighted by Gasteiger charge is 2.36. The molecule has 4 amide bonds. The van der Waals surface area contributed by atoms with Crippen LogP contribution in [0.15, 0.2) is 0 Å². The Bertz CT molecular complexity index is 1460. The van der Waals surface area contributed by atoms with E-state index in [1.54, 1.807) is 27.7 Å². The summed E-state index contributed by atoms with van der Waals surface area (Å²) in [5.74, 6) is -4.25. The van der Waals surface area contributed by atoms with E-state index in [2.05, 4.69) is 21.5 Å². The molecule has 0 aromatic carbocycles. The Morgan fingerprint density at radius 3 is 1.41 bits per heavy atom. The molecule has 0 unspecified atom stereocenters. The molecule has 17 nitrogen and oxygen atoms in total. The molecule has 2 aliphatic heterocycles.